The number of carboxylic acid groups (broad SMARTS) is 3. The molecule has 10 N–H and O–H groups in total. The van der Waals surface area contributed by atoms with Crippen LogP contribution < -0.4 is 31.9 Å². The number of aliphatic carboxylic acids is 3. The highest BCUT2D eigenvalue weighted by atomic mass is 16.5. The number of carbonyl (C=O) groups is 9. The summed E-state index contributed by atoms with van der Waals surface area (Å²) in [6.45, 7) is 6.56. The largest absolute Gasteiger partial charge is 0.481 e. The molecule has 1 fully saturated rings. The summed E-state index contributed by atoms with van der Waals surface area (Å²) in [4.78, 5) is 111. The van der Waals surface area contributed by atoms with Gasteiger partial charge in [-0.05, 0) is 76.5 Å². The highest BCUT2D eigenvalue weighted by Crippen LogP contribution is 2.29. The van der Waals surface area contributed by atoms with E-state index >= 15 is 0 Å². The van der Waals surface area contributed by atoms with Crippen LogP contribution >= 0.6 is 0 Å². The molecule has 0 aliphatic heterocycles. The first-order valence-corrected chi connectivity index (χ1v) is 31.2. The fourth-order valence-corrected chi connectivity index (χ4v) is 9.32. The summed E-state index contributed by atoms with van der Waals surface area (Å²) in [7, 11) is 0. The molecule has 1 aliphatic rings. The number of unbranched alkanes of at least 4 members (excludes halogenated alkanes) is 16. The topological polar surface area (TPSA) is 352 Å². The molecule has 1 aromatic rings. The minimum atomic E-state index is -1.02. The van der Waals surface area contributed by atoms with E-state index < -0.39 is 30.0 Å². The maximum absolute atomic E-state index is 12.5. The lowest BCUT2D eigenvalue weighted by atomic mass is 9.81. The van der Waals surface area contributed by atoms with Gasteiger partial charge < -0.3 is 65.8 Å². The molecule has 482 valence electrons. The Morgan fingerprint density at radius 2 is 1.07 bits per heavy atom. The number of hydrogen-bond donors (Lipinski definition) is 10. The third-order valence-electron chi connectivity index (χ3n) is 14.3. The van der Waals surface area contributed by atoms with Crippen LogP contribution in [0, 0.1) is 11.8 Å². The maximum atomic E-state index is 12.5. The summed E-state index contributed by atoms with van der Waals surface area (Å²) >= 11 is 0. The third kappa shape index (κ3) is 46.8. The van der Waals surface area contributed by atoms with Crippen LogP contribution in [0.4, 0.5) is 0 Å². The van der Waals surface area contributed by atoms with Crippen molar-refractivity contribution in [3.63, 3.8) is 0 Å². The second kappa shape index (κ2) is 53.0. The van der Waals surface area contributed by atoms with Crippen molar-refractivity contribution in [3.8, 4) is 0 Å². The Hall–Kier alpha value is -5.56. The third-order valence-corrected chi connectivity index (χ3v) is 14.3. The zero-order chi connectivity index (χ0) is 61.7. The minimum Gasteiger partial charge on any atom is -0.481 e. The van der Waals surface area contributed by atoms with Gasteiger partial charge in [0.05, 0.1) is 52.5 Å². The fraction of sp³-hybridized carbons (Fsp3) is 0.800. The van der Waals surface area contributed by atoms with Crippen molar-refractivity contribution in [2.45, 2.75) is 212 Å². The Morgan fingerprint density at radius 1 is 0.560 bits per heavy atom. The Morgan fingerprint density at radius 3 is 1.57 bits per heavy atom. The van der Waals surface area contributed by atoms with Crippen LogP contribution in [0.3, 0.4) is 0 Å². The molecule has 24 nitrogen and oxygen atoms in total. The molecule has 2 atom stereocenters. The standard InChI is InChI=1S/C33H60N2O6.C27H46N6O10/c1-2-19-29(33(40)41)35-32(39)28-24-22-27(23-25-28)26-34-30(36)20-17-15-13-11-9-7-5-3-4-6-8-10-12-14-16-18-21-31(37)38;1-21(34)29-8-10-40-12-14-43-19-26(37)31-9-11-41-13-15-42-18-25(36)30-7-3-2-4-24(27(38)39)32-17-23(35)6-5-22-16-28-20-33-22/h27-29H,2-26H2,1H3,(H,34,36)(H,35,39)(H,37,38)(H,40,41);16,20,24,32H,2-15,17-19H2,1H3,(H,28,33)(H,29,34)(H,30,36)(H,31,37)(H,38,39)/t;24-/m.0/s1. The lowest BCUT2D eigenvalue weighted by Gasteiger charge is -2.28. The van der Waals surface area contributed by atoms with E-state index in [2.05, 4.69) is 41.9 Å². The number of nitrogens with zero attached hydrogens (tertiary/aromatic N) is 1. The number of imidazole rings is 1. The average Bonchev–Trinajstić information content (AvgIpc) is 4.14. The molecule has 2 rings (SSSR count). The molecule has 0 radical (unpaired) electrons. The molecule has 1 unspecified atom stereocenters. The molecule has 24 heteroatoms. The number of rotatable bonds is 54. The maximum Gasteiger partial charge on any atom is 0.326 e. The second-order valence-corrected chi connectivity index (χ2v) is 21.7. The van der Waals surface area contributed by atoms with Crippen molar-refractivity contribution in [1.82, 2.24) is 41.9 Å². The van der Waals surface area contributed by atoms with Crippen LogP contribution in [0.5, 0.6) is 0 Å². The Labute approximate surface area is 498 Å². The van der Waals surface area contributed by atoms with E-state index in [9.17, 15) is 53.4 Å². The number of hydrogen-bond acceptors (Lipinski definition) is 15. The number of aromatic amines is 1. The Kier molecular flexibility index (Phi) is 48.2. The molecular formula is C60H106N8O16. The SMILES string of the molecule is CC(=O)NCCOCCOCC(=O)NCCOCCOCC(=O)NCCCC[C@H](NCC(=O)CCc1cnc[nH]1)C(=O)O.CCCC(NC(=O)C1CCC(CNC(=O)CCCCCCCCCCCCCCCCCCC(=O)O)CC1)C(=O)O. The normalized spacial score (nSPS) is 14.5. The number of amides is 5. The summed E-state index contributed by atoms with van der Waals surface area (Å²) in [5, 5.41) is 43.8. The van der Waals surface area contributed by atoms with Crippen LogP contribution in [0.1, 0.15) is 199 Å². The number of aromatic nitrogens is 2. The number of carboxylic acids is 3. The summed E-state index contributed by atoms with van der Waals surface area (Å²) < 4.78 is 21.0. The predicted molar refractivity (Wildman–Crippen MR) is 317 cm³/mol. The summed E-state index contributed by atoms with van der Waals surface area (Å²) in [5.41, 5.74) is 0.849. The van der Waals surface area contributed by atoms with Crippen LogP contribution in [-0.4, -0.2) is 176 Å². The van der Waals surface area contributed by atoms with Crippen molar-refractivity contribution in [3.05, 3.63) is 18.2 Å². The first-order valence-electron chi connectivity index (χ1n) is 31.2. The van der Waals surface area contributed by atoms with E-state index in [-0.39, 0.29) is 87.4 Å². The number of ketones is 1. The molecular weight excluding hydrogens is 1090 g/mol. The highest BCUT2D eigenvalue weighted by Gasteiger charge is 2.29. The van der Waals surface area contributed by atoms with Crippen molar-refractivity contribution >= 4 is 53.2 Å². The van der Waals surface area contributed by atoms with Crippen LogP contribution in [0.25, 0.3) is 0 Å². The zero-order valence-corrected chi connectivity index (χ0v) is 50.8. The van der Waals surface area contributed by atoms with Crippen LogP contribution in [0.15, 0.2) is 12.5 Å². The number of ether oxygens (including phenoxy) is 4. The zero-order valence-electron chi connectivity index (χ0n) is 50.8. The van der Waals surface area contributed by atoms with Gasteiger partial charge in [-0.2, -0.15) is 0 Å². The molecule has 84 heavy (non-hydrogen) atoms. The van der Waals surface area contributed by atoms with Gasteiger partial charge in [0.25, 0.3) is 0 Å². The molecule has 0 aromatic carbocycles. The molecule has 0 saturated heterocycles. The molecule has 1 heterocycles. The first-order chi connectivity index (χ1) is 40.6. The number of Topliss-reactive ketones (excluding diaryl/α,β-unsaturated/α-hetero) is 1. The monoisotopic (exact) mass is 1190 g/mol. The van der Waals surface area contributed by atoms with Gasteiger partial charge in [-0.25, -0.2) is 9.78 Å². The molecule has 1 aromatic heterocycles. The van der Waals surface area contributed by atoms with Gasteiger partial charge in [-0.3, -0.25) is 43.7 Å². The number of carbonyl (C=O) groups excluding carboxylic acids is 6. The molecule has 0 bridgehead atoms. The summed E-state index contributed by atoms with van der Waals surface area (Å²) in [6, 6.07) is -1.63. The van der Waals surface area contributed by atoms with E-state index in [4.69, 9.17) is 24.1 Å². The van der Waals surface area contributed by atoms with Gasteiger partial charge in [0.1, 0.15) is 31.1 Å². The number of aryl methyl sites for hydroxylation is 1. The van der Waals surface area contributed by atoms with Crippen LogP contribution in [-0.2, 0) is 68.5 Å². The van der Waals surface area contributed by atoms with E-state index in [0.717, 1.165) is 57.1 Å². The smallest absolute Gasteiger partial charge is 0.326 e. The van der Waals surface area contributed by atoms with Crippen molar-refractivity contribution in [2.75, 3.05) is 85.6 Å². The lowest BCUT2D eigenvalue weighted by Crippen LogP contribution is -2.44. The van der Waals surface area contributed by atoms with Crippen LogP contribution in [0.2, 0.25) is 0 Å². The fourth-order valence-electron chi connectivity index (χ4n) is 9.32. The molecule has 5 amide bonds. The number of nitrogens with one attached hydrogen (secondary N) is 7. The van der Waals surface area contributed by atoms with Gasteiger partial charge in [-0.1, -0.05) is 103 Å². The summed E-state index contributed by atoms with van der Waals surface area (Å²) in [5.74, 6) is -3.17. The molecule has 1 saturated carbocycles. The summed E-state index contributed by atoms with van der Waals surface area (Å²) in [6.07, 6.45) is 30.1. The van der Waals surface area contributed by atoms with Crippen molar-refractivity contribution < 1.29 is 77.4 Å². The lowest BCUT2D eigenvalue weighted by molar-refractivity contribution is -0.143. The Balaban J connectivity index is 0.000000841. The van der Waals surface area contributed by atoms with E-state index in [1.54, 1.807) is 6.20 Å². The van der Waals surface area contributed by atoms with Gasteiger partial charge in [-0.15, -0.1) is 0 Å². The quantitative estimate of drug-likeness (QED) is 0.0337. The van der Waals surface area contributed by atoms with Crippen molar-refractivity contribution in [2.24, 2.45) is 11.8 Å². The van der Waals surface area contributed by atoms with E-state index in [0.29, 0.717) is 103 Å². The van der Waals surface area contributed by atoms with E-state index in [1.165, 1.54) is 90.3 Å². The minimum absolute atomic E-state index is 0.0206. The molecule has 0 spiro atoms. The number of H-pyrrole nitrogens is 1. The van der Waals surface area contributed by atoms with Gasteiger partial charge in [0.2, 0.25) is 29.5 Å². The predicted octanol–water partition coefficient (Wildman–Crippen LogP) is 5.94. The van der Waals surface area contributed by atoms with Gasteiger partial charge >= 0.3 is 17.9 Å². The average molecular weight is 1200 g/mol. The van der Waals surface area contributed by atoms with E-state index in [1.807, 2.05) is 6.92 Å². The highest BCUT2D eigenvalue weighted by molar-refractivity contribution is 5.85. The first kappa shape index (κ1) is 76.5. The van der Waals surface area contributed by atoms with Gasteiger partial charge in [0.15, 0.2) is 0 Å². The van der Waals surface area contributed by atoms with Gasteiger partial charge in [0, 0.05) is 70.2 Å². The second-order valence-electron chi connectivity index (χ2n) is 21.7. The van der Waals surface area contributed by atoms with Crippen molar-refractivity contribution in [1.29, 1.82) is 0 Å². The molecule has 1 aliphatic carbocycles. The Bertz CT molecular complexity index is 1920.